The molecule has 0 spiro atoms. The summed E-state index contributed by atoms with van der Waals surface area (Å²) >= 11 is 0. The monoisotopic (exact) mass is 324 g/mol. The van der Waals surface area contributed by atoms with Crippen molar-refractivity contribution >= 4 is 21.4 Å². The summed E-state index contributed by atoms with van der Waals surface area (Å²) in [7, 11) is -2.41. The van der Waals surface area contributed by atoms with Crippen LogP contribution in [0.1, 0.15) is 18.4 Å². The molecule has 0 aliphatic heterocycles. The number of carbonyl (C=O) groups excluding carboxylic acids is 1. The Morgan fingerprint density at radius 2 is 1.95 bits per heavy atom. The number of nitrogen functional groups attached to an aromatic ring is 1. The van der Waals surface area contributed by atoms with E-state index >= 15 is 0 Å². The van der Waals surface area contributed by atoms with Gasteiger partial charge in [0.05, 0.1) is 21.9 Å². The lowest BCUT2D eigenvalue weighted by molar-refractivity contribution is -0.137. The Labute approximate surface area is 120 Å². The van der Waals surface area contributed by atoms with Gasteiger partial charge in [0.1, 0.15) is 0 Å². The summed E-state index contributed by atoms with van der Waals surface area (Å²) in [4.78, 5) is 10.6. The number of sulfone groups is 1. The van der Waals surface area contributed by atoms with Gasteiger partial charge in [-0.05, 0) is 24.6 Å². The molecule has 0 aliphatic rings. The number of hydrogen-bond donors (Lipinski definition) is 2. The Morgan fingerprint density at radius 1 is 1.33 bits per heavy atom. The van der Waals surface area contributed by atoms with Crippen LogP contribution in [0.15, 0.2) is 23.1 Å². The second-order valence-corrected chi connectivity index (χ2v) is 6.42. The SMILES string of the molecule is CNC(=O)CCCS(=O)(=O)c1ccc(C(F)(F)F)cc1N. The highest BCUT2D eigenvalue weighted by Gasteiger charge is 2.31. The third kappa shape index (κ3) is 4.62. The summed E-state index contributed by atoms with van der Waals surface area (Å²) in [5.41, 5.74) is 3.94. The molecule has 9 heteroatoms. The van der Waals surface area contributed by atoms with Crippen LogP contribution in [0.4, 0.5) is 18.9 Å². The number of hydrogen-bond acceptors (Lipinski definition) is 4. The van der Waals surface area contributed by atoms with Gasteiger partial charge in [0.15, 0.2) is 9.84 Å². The third-order valence-corrected chi connectivity index (χ3v) is 4.64. The topological polar surface area (TPSA) is 89.3 Å². The van der Waals surface area contributed by atoms with Crippen molar-refractivity contribution in [1.29, 1.82) is 0 Å². The fraction of sp³-hybridized carbons (Fsp3) is 0.417. The summed E-state index contributed by atoms with van der Waals surface area (Å²) in [5.74, 6) is -0.679. The molecule has 118 valence electrons. The van der Waals surface area contributed by atoms with Gasteiger partial charge < -0.3 is 11.1 Å². The Morgan fingerprint density at radius 3 is 2.43 bits per heavy atom. The zero-order chi connectivity index (χ0) is 16.3. The molecule has 0 unspecified atom stereocenters. The predicted octanol–water partition coefficient (Wildman–Crippen LogP) is 1.59. The molecule has 0 aliphatic carbocycles. The number of anilines is 1. The van der Waals surface area contributed by atoms with E-state index in [0.717, 1.165) is 6.07 Å². The van der Waals surface area contributed by atoms with E-state index in [9.17, 15) is 26.4 Å². The van der Waals surface area contributed by atoms with Crippen LogP contribution in [-0.2, 0) is 20.8 Å². The number of nitrogens with two attached hydrogens (primary N) is 1. The van der Waals surface area contributed by atoms with Crippen molar-refractivity contribution in [3.05, 3.63) is 23.8 Å². The van der Waals surface area contributed by atoms with Crippen LogP contribution in [0.3, 0.4) is 0 Å². The first-order valence-corrected chi connectivity index (χ1v) is 7.63. The van der Waals surface area contributed by atoms with Gasteiger partial charge in [-0.15, -0.1) is 0 Å². The standard InChI is InChI=1S/C12H15F3N2O3S/c1-17-11(18)3-2-6-21(19,20)10-5-4-8(7-9(10)16)12(13,14)15/h4-5,7H,2-3,6,16H2,1H3,(H,17,18). The fourth-order valence-electron chi connectivity index (χ4n) is 1.67. The highest BCUT2D eigenvalue weighted by atomic mass is 32.2. The van der Waals surface area contributed by atoms with Crippen LogP contribution in [0, 0.1) is 0 Å². The average molecular weight is 324 g/mol. The van der Waals surface area contributed by atoms with Crippen LogP contribution in [-0.4, -0.2) is 27.1 Å². The number of carbonyl (C=O) groups is 1. The molecule has 1 aromatic carbocycles. The molecule has 5 nitrogen and oxygen atoms in total. The lowest BCUT2D eigenvalue weighted by atomic mass is 10.2. The largest absolute Gasteiger partial charge is 0.416 e. The van der Waals surface area contributed by atoms with Crippen LogP contribution >= 0.6 is 0 Å². The van der Waals surface area contributed by atoms with Gasteiger partial charge in [-0.3, -0.25) is 4.79 Å². The van der Waals surface area contributed by atoms with Gasteiger partial charge in [-0.1, -0.05) is 0 Å². The second kappa shape index (κ2) is 6.33. The Kier molecular flexibility index (Phi) is 5.21. The maximum absolute atomic E-state index is 12.5. The molecule has 0 saturated carbocycles. The summed E-state index contributed by atoms with van der Waals surface area (Å²) < 4.78 is 61.4. The molecule has 21 heavy (non-hydrogen) atoms. The maximum Gasteiger partial charge on any atom is 0.416 e. The molecular weight excluding hydrogens is 309 g/mol. The molecule has 0 radical (unpaired) electrons. The predicted molar refractivity (Wildman–Crippen MR) is 71.2 cm³/mol. The number of amides is 1. The lowest BCUT2D eigenvalue weighted by Gasteiger charge is -2.11. The number of alkyl halides is 3. The zero-order valence-electron chi connectivity index (χ0n) is 11.2. The average Bonchev–Trinajstić information content (AvgIpc) is 2.36. The number of benzene rings is 1. The Hall–Kier alpha value is -1.77. The first-order chi connectivity index (χ1) is 9.58. The van der Waals surface area contributed by atoms with Crippen molar-refractivity contribution in [3.8, 4) is 0 Å². The zero-order valence-corrected chi connectivity index (χ0v) is 12.0. The van der Waals surface area contributed by atoms with E-state index in [-0.39, 0.29) is 29.4 Å². The van der Waals surface area contributed by atoms with Gasteiger partial charge >= 0.3 is 6.18 Å². The Bertz CT molecular complexity index is 627. The van der Waals surface area contributed by atoms with Gasteiger partial charge in [0.25, 0.3) is 0 Å². The van der Waals surface area contributed by atoms with E-state index in [1.54, 1.807) is 0 Å². The normalized spacial score (nSPS) is 12.2. The van der Waals surface area contributed by atoms with E-state index in [0.29, 0.717) is 12.1 Å². The minimum atomic E-state index is -4.59. The number of rotatable bonds is 5. The second-order valence-electron chi connectivity index (χ2n) is 4.35. The minimum absolute atomic E-state index is 0.0102. The van der Waals surface area contributed by atoms with E-state index in [4.69, 9.17) is 5.73 Å². The van der Waals surface area contributed by atoms with Crippen molar-refractivity contribution in [2.75, 3.05) is 18.5 Å². The molecule has 0 bridgehead atoms. The van der Waals surface area contributed by atoms with Gasteiger partial charge in [-0.25, -0.2) is 8.42 Å². The summed E-state index contributed by atoms with van der Waals surface area (Å²) in [6.45, 7) is 0. The van der Waals surface area contributed by atoms with Gasteiger partial charge in [-0.2, -0.15) is 13.2 Å². The molecule has 1 aromatic rings. The van der Waals surface area contributed by atoms with Crippen molar-refractivity contribution in [1.82, 2.24) is 5.32 Å². The first kappa shape index (κ1) is 17.3. The first-order valence-electron chi connectivity index (χ1n) is 5.98. The molecule has 0 atom stereocenters. The van der Waals surface area contributed by atoms with Crippen molar-refractivity contribution in [2.24, 2.45) is 0 Å². The molecule has 0 heterocycles. The molecular formula is C12H15F3N2O3S. The molecule has 0 aromatic heterocycles. The van der Waals surface area contributed by atoms with Crippen molar-refractivity contribution in [2.45, 2.75) is 23.9 Å². The van der Waals surface area contributed by atoms with Crippen molar-refractivity contribution < 1.29 is 26.4 Å². The number of nitrogens with one attached hydrogen (secondary N) is 1. The van der Waals surface area contributed by atoms with Gasteiger partial charge in [0.2, 0.25) is 5.91 Å². The smallest absolute Gasteiger partial charge is 0.398 e. The molecule has 0 fully saturated rings. The summed E-state index contributed by atoms with van der Waals surface area (Å²) in [6, 6.07) is 2.10. The fourth-order valence-corrected chi connectivity index (χ4v) is 3.10. The Balaban J connectivity index is 2.92. The lowest BCUT2D eigenvalue weighted by Crippen LogP contribution is -2.19. The van der Waals surface area contributed by atoms with Crippen LogP contribution in [0.25, 0.3) is 0 Å². The molecule has 1 rings (SSSR count). The number of halogens is 3. The molecule has 3 N–H and O–H groups in total. The van der Waals surface area contributed by atoms with Crippen LogP contribution in [0.5, 0.6) is 0 Å². The van der Waals surface area contributed by atoms with E-state index < -0.39 is 27.3 Å². The van der Waals surface area contributed by atoms with E-state index in [2.05, 4.69) is 5.32 Å². The third-order valence-electron chi connectivity index (χ3n) is 2.77. The van der Waals surface area contributed by atoms with E-state index in [1.165, 1.54) is 7.05 Å². The molecule has 1 amide bonds. The summed E-state index contributed by atoms with van der Waals surface area (Å²) in [5, 5.41) is 2.34. The summed E-state index contributed by atoms with van der Waals surface area (Å²) in [6.07, 6.45) is -4.52. The molecule has 0 saturated heterocycles. The van der Waals surface area contributed by atoms with Crippen molar-refractivity contribution in [3.63, 3.8) is 0 Å². The van der Waals surface area contributed by atoms with Crippen LogP contribution < -0.4 is 11.1 Å². The maximum atomic E-state index is 12.5. The van der Waals surface area contributed by atoms with Crippen LogP contribution in [0.2, 0.25) is 0 Å². The quantitative estimate of drug-likeness (QED) is 0.805. The highest BCUT2D eigenvalue weighted by Crippen LogP contribution is 2.32. The highest BCUT2D eigenvalue weighted by molar-refractivity contribution is 7.91. The van der Waals surface area contributed by atoms with E-state index in [1.807, 2.05) is 0 Å². The van der Waals surface area contributed by atoms with Gasteiger partial charge in [0, 0.05) is 13.5 Å². The minimum Gasteiger partial charge on any atom is -0.398 e.